The van der Waals surface area contributed by atoms with Gasteiger partial charge in [0.1, 0.15) is 36.3 Å². The Morgan fingerprint density at radius 1 is 1.18 bits per heavy atom. The molecule has 2 aromatic heterocycles. The molecule has 28 heavy (non-hydrogen) atoms. The lowest BCUT2D eigenvalue weighted by molar-refractivity contribution is -0.0244. The van der Waals surface area contributed by atoms with Crippen molar-refractivity contribution in [2.75, 3.05) is 12.3 Å². The molecule has 3 heterocycles. The maximum atomic E-state index is 10.4. The van der Waals surface area contributed by atoms with Crippen LogP contribution in [0.1, 0.15) is 22.9 Å². The molecule has 0 saturated carbocycles. The molecule has 1 saturated heterocycles. The van der Waals surface area contributed by atoms with Gasteiger partial charge in [0, 0.05) is 10.6 Å². The van der Waals surface area contributed by atoms with Gasteiger partial charge in [0.15, 0.2) is 5.82 Å². The second kappa shape index (κ2) is 7.50. The van der Waals surface area contributed by atoms with E-state index in [-0.39, 0.29) is 5.82 Å². The quantitative estimate of drug-likeness (QED) is 0.518. The van der Waals surface area contributed by atoms with Crippen LogP contribution in [0.15, 0.2) is 36.7 Å². The number of ether oxygens (including phenoxy) is 1. The highest BCUT2D eigenvalue weighted by molar-refractivity contribution is 6.30. The smallest absolute Gasteiger partial charge is 0.151 e. The summed E-state index contributed by atoms with van der Waals surface area (Å²) in [5, 5.41) is 34.7. The van der Waals surface area contributed by atoms with Crippen LogP contribution in [0.2, 0.25) is 5.02 Å². The molecule has 0 amide bonds. The second-order valence-electron chi connectivity index (χ2n) is 6.57. The molecule has 0 radical (unpaired) electrons. The number of nitrogens with two attached hydrogens (primary N) is 1. The van der Waals surface area contributed by atoms with Gasteiger partial charge in [0.2, 0.25) is 0 Å². The normalized spacial score (nSPS) is 25.1. The predicted molar refractivity (Wildman–Crippen MR) is 104 cm³/mol. The third-order valence-corrected chi connectivity index (χ3v) is 5.05. The number of halogens is 1. The molecule has 0 bridgehead atoms. The zero-order valence-corrected chi connectivity index (χ0v) is 15.4. The summed E-state index contributed by atoms with van der Waals surface area (Å²) in [6.07, 6.45) is 0.888. The van der Waals surface area contributed by atoms with E-state index in [9.17, 15) is 15.3 Å². The van der Waals surface area contributed by atoms with Gasteiger partial charge in [-0.1, -0.05) is 35.9 Å². The second-order valence-corrected chi connectivity index (χ2v) is 7.01. The first-order valence-electron chi connectivity index (χ1n) is 8.68. The van der Waals surface area contributed by atoms with E-state index >= 15 is 0 Å². The van der Waals surface area contributed by atoms with Gasteiger partial charge in [-0.05, 0) is 23.8 Å². The van der Waals surface area contributed by atoms with Crippen LogP contribution in [0.5, 0.6) is 0 Å². The van der Waals surface area contributed by atoms with Gasteiger partial charge in [-0.3, -0.25) is 0 Å². The summed E-state index contributed by atoms with van der Waals surface area (Å²) < 4.78 is 7.18. The number of nitrogen functional groups attached to an aromatic ring is 1. The van der Waals surface area contributed by atoms with E-state index in [0.717, 1.165) is 11.1 Å². The summed E-state index contributed by atoms with van der Waals surface area (Å²) in [6.45, 7) is -0.404. The monoisotopic (exact) mass is 402 g/mol. The molecule has 5 N–H and O–H groups in total. The Labute approximate surface area is 165 Å². The van der Waals surface area contributed by atoms with Crippen molar-refractivity contribution in [2.45, 2.75) is 24.4 Å². The predicted octanol–water partition coefficient (Wildman–Crippen LogP) is 1.29. The van der Waals surface area contributed by atoms with Crippen LogP contribution in [0.4, 0.5) is 5.82 Å². The molecule has 1 aliphatic heterocycles. The minimum Gasteiger partial charge on any atom is -0.394 e. The molecule has 3 aromatic rings. The van der Waals surface area contributed by atoms with E-state index in [2.05, 4.69) is 10.1 Å². The third-order valence-electron chi connectivity index (χ3n) is 4.80. The highest BCUT2D eigenvalue weighted by Crippen LogP contribution is 2.36. The molecule has 8 nitrogen and oxygen atoms in total. The van der Waals surface area contributed by atoms with Crippen molar-refractivity contribution in [3.63, 3.8) is 0 Å². The van der Waals surface area contributed by atoms with E-state index in [1.165, 1.54) is 10.8 Å². The van der Waals surface area contributed by atoms with Crippen LogP contribution in [0.3, 0.4) is 0 Å². The molecule has 0 aliphatic carbocycles. The molecular weight excluding hydrogens is 384 g/mol. The Kier molecular flexibility index (Phi) is 5.05. The number of benzene rings is 1. The SMILES string of the molecule is Nc1ncnn2c([C@@H]3O[C@H](CO)[C@@H](O)[C@H]3O)cc(/C=C/c3ccc(Cl)cc3)c12. The van der Waals surface area contributed by atoms with Crippen molar-refractivity contribution in [1.82, 2.24) is 14.6 Å². The topological polar surface area (TPSA) is 126 Å². The molecule has 1 aliphatic rings. The summed E-state index contributed by atoms with van der Waals surface area (Å²) in [5.41, 5.74) is 8.78. The van der Waals surface area contributed by atoms with Crippen molar-refractivity contribution >= 4 is 35.1 Å². The van der Waals surface area contributed by atoms with Crippen LogP contribution in [0.25, 0.3) is 17.7 Å². The van der Waals surface area contributed by atoms with Gasteiger partial charge in [-0.2, -0.15) is 5.10 Å². The lowest BCUT2D eigenvalue weighted by Gasteiger charge is -2.14. The summed E-state index contributed by atoms with van der Waals surface area (Å²) in [5.74, 6) is 0.267. The number of rotatable bonds is 4. The van der Waals surface area contributed by atoms with Gasteiger partial charge in [0.25, 0.3) is 0 Å². The number of hydrogen-bond acceptors (Lipinski definition) is 7. The summed E-state index contributed by atoms with van der Waals surface area (Å²) >= 11 is 5.92. The maximum absolute atomic E-state index is 10.4. The molecule has 146 valence electrons. The molecule has 0 unspecified atom stereocenters. The third kappa shape index (κ3) is 3.25. The molecule has 0 spiro atoms. The summed E-state index contributed by atoms with van der Waals surface area (Å²) in [6, 6.07) is 9.11. The fourth-order valence-corrected chi connectivity index (χ4v) is 3.48. The van der Waals surface area contributed by atoms with Crippen molar-refractivity contribution in [1.29, 1.82) is 0 Å². The lowest BCUT2D eigenvalue weighted by atomic mass is 10.1. The first kappa shape index (κ1) is 18.9. The van der Waals surface area contributed by atoms with Crippen LogP contribution in [-0.2, 0) is 4.74 Å². The first-order valence-corrected chi connectivity index (χ1v) is 9.05. The van der Waals surface area contributed by atoms with Gasteiger partial charge >= 0.3 is 0 Å². The van der Waals surface area contributed by atoms with E-state index < -0.39 is 31.0 Å². The van der Waals surface area contributed by atoms with E-state index in [4.69, 9.17) is 22.1 Å². The van der Waals surface area contributed by atoms with Crippen LogP contribution in [-0.4, -0.2) is 54.8 Å². The van der Waals surface area contributed by atoms with Crippen LogP contribution < -0.4 is 5.73 Å². The highest BCUT2D eigenvalue weighted by atomic mass is 35.5. The van der Waals surface area contributed by atoms with Crippen molar-refractivity contribution in [3.8, 4) is 0 Å². The van der Waals surface area contributed by atoms with E-state index in [1.54, 1.807) is 18.2 Å². The van der Waals surface area contributed by atoms with Crippen LogP contribution >= 0.6 is 11.6 Å². The van der Waals surface area contributed by atoms with Crippen molar-refractivity contribution in [3.05, 3.63) is 58.5 Å². The zero-order chi connectivity index (χ0) is 19.8. The first-order chi connectivity index (χ1) is 13.5. The van der Waals surface area contributed by atoms with Crippen LogP contribution in [0, 0.1) is 0 Å². The minimum atomic E-state index is -1.21. The molecule has 9 heteroatoms. The molecule has 4 atom stereocenters. The standard InChI is InChI=1S/C19H19ClN4O4/c20-12-5-2-10(3-6-12)1-4-11-7-13(24-15(11)19(21)22-9-23-24)18-17(27)16(26)14(8-25)28-18/h1-7,9,14,16-18,25-27H,8H2,(H2,21,22,23)/b4-1+/t14-,16-,17-,18+/m1/s1. The maximum Gasteiger partial charge on any atom is 0.151 e. The number of aromatic nitrogens is 3. The average Bonchev–Trinajstić information content (AvgIpc) is 3.20. The van der Waals surface area contributed by atoms with E-state index in [0.29, 0.717) is 16.2 Å². The van der Waals surface area contributed by atoms with Crippen molar-refractivity contribution in [2.24, 2.45) is 0 Å². The summed E-state index contributed by atoms with van der Waals surface area (Å²) in [7, 11) is 0. The van der Waals surface area contributed by atoms with Gasteiger partial charge in [0.05, 0.1) is 12.3 Å². The minimum absolute atomic E-state index is 0.267. The van der Waals surface area contributed by atoms with Gasteiger partial charge in [-0.15, -0.1) is 0 Å². The Morgan fingerprint density at radius 3 is 2.61 bits per heavy atom. The number of fused-ring (bicyclic) bond motifs is 1. The van der Waals surface area contributed by atoms with Gasteiger partial charge in [-0.25, -0.2) is 9.50 Å². The molecular formula is C19H19ClN4O4. The Hall–Kier alpha value is -2.49. The van der Waals surface area contributed by atoms with E-state index in [1.807, 2.05) is 24.3 Å². The number of hydrogen-bond donors (Lipinski definition) is 4. The Morgan fingerprint density at radius 2 is 1.93 bits per heavy atom. The fraction of sp³-hybridized carbons (Fsp3) is 0.263. The number of aliphatic hydroxyl groups excluding tert-OH is 3. The zero-order valence-electron chi connectivity index (χ0n) is 14.7. The summed E-state index contributed by atoms with van der Waals surface area (Å²) in [4.78, 5) is 4.04. The number of nitrogens with zero attached hydrogens (tertiary/aromatic N) is 3. The largest absolute Gasteiger partial charge is 0.394 e. The fourth-order valence-electron chi connectivity index (χ4n) is 3.36. The number of aliphatic hydroxyl groups is 3. The lowest BCUT2D eigenvalue weighted by Crippen LogP contribution is -2.32. The highest BCUT2D eigenvalue weighted by Gasteiger charge is 2.44. The molecule has 1 fully saturated rings. The molecule has 4 rings (SSSR count). The molecule has 1 aromatic carbocycles. The van der Waals surface area contributed by atoms with Crippen molar-refractivity contribution < 1.29 is 20.1 Å². The van der Waals surface area contributed by atoms with Gasteiger partial charge < -0.3 is 25.8 Å². The Balaban J connectivity index is 1.77. The average molecular weight is 403 g/mol. The Bertz CT molecular complexity index is 1020. The number of anilines is 1.